The number of amides is 2. The van der Waals surface area contributed by atoms with Gasteiger partial charge < -0.3 is 4.90 Å². The van der Waals surface area contributed by atoms with E-state index in [9.17, 15) is 9.59 Å². The molecule has 3 heterocycles. The minimum atomic E-state index is -0.638. The van der Waals surface area contributed by atoms with Crippen molar-refractivity contribution in [1.82, 2.24) is 20.3 Å². The Morgan fingerprint density at radius 1 is 1.00 bits per heavy atom. The van der Waals surface area contributed by atoms with Gasteiger partial charge in [0, 0.05) is 35.6 Å². The van der Waals surface area contributed by atoms with Gasteiger partial charge in [-0.25, -0.2) is 15.4 Å². The minimum Gasteiger partial charge on any atom is -0.334 e. The second kappa shape index (κ2) is 9.46. The van der Waals surface area contributed by atoms with E-state index in [0.717, 1.165) is 27.6 Å². The van der Waals surface area contributed by atoms with Gasteiger partial charge in [0.05, 0.1) is 23.6 Å². The van der Waals surface area contributed by atoms with Gasteiger partial charge in [0.15, 0.2) is 0 Å². The van der Waals surface area contributed by atoms with Gasteiger partial charge in [-0.3, -0.25) is 14.8 Å². The molecule has 0 radical (unpaired) electrons. The van der Waals surface area contributed by atoms with Crippen LogP contribution in [0, 0.1) is 0 Å². The Morgan fingerprint density at radius 3 is 2.48 bits per heavy atom. The van der Waals surface area contributed by atoms with Crippen LogP contribution in [0.4, 0.5) is 0 Å². The Bertz CT molecular complexity index is 1150. The molecule has 0 aliphatic carbocycles. The predicted molar refractivity (Wildman–Crippen MR) is 119 cm³/mol. The van der Waals surface area contributed by atoms with Crippen molar-refractivity contribution < 1.29 is 14.8 Å². The van der Waals surface area contributed by atoms with Crippen LogP contribution in [0.15, 0.2) is 60.7 Å². The van der Waals surface area contributed by atoms with Crippen molar-refractivity contribution in [2.45, 2.75) is 13.0 Å². The smallest absolute Gasteiger partial charge is 0.267 e. The number of fused-ring (bicyclic) bond motifs is 1. The summed E-state index contributed by atoms with van der Waals surface area (Å²) in [7, 11) is 0. The van der Waals surface area contributed by atoms with Crippen LogP contribution in [-0.4, -0.2) is 38.4 Å². The van der Waals surface area contributed by atoms with Crippen molar-refractivity contribution in [3.63, 3.8) is 0 Å². The Kier molecular flexibility index (Phi) is 6.30. The van der Waals surface area contributed by atoms with E-state index in [0.29, 0.717) is 24.5 Å². The lowest BCUT2D eigenvalue weighted by atomic mass is 10.1. The number of carbonyl (C=O) groups is 2. The number of thiazole rings is 1. The fourth-order valence-electron chi connectivity index (χ4n) is 3.20. The van der Waals surface area contributed by atoms with E-state index in [2.05, 4.69) is 4.98 Å². The summed E-state index contributed by atoms with van der Waals surface area (Å²) in [6.45, 7) is 1.18. The Labute approximate surface area is 183 Å². The summed E-state index contributed by atoms with van der Waals surface area (Å²) in [6, 6.07) is 15.3. The van der Waals surface area contributed by atoms with E-state index in [1.165, 1.54) is 23.7 Å². The molecule has 1 aliphatic rings. The van der Waals surface area contributed by atoms with E-state index < -0.39 is 5.91 Å². The second-order valence-corrected chi connectivity index (χ2v) is 7.98. The number of rotatable bonds is 5. The molecule has 2 N–H and O–H groups in total. The average molecular weight is 433 g/mol. The van der Waals surface area contributed by atoms with Crippen LogP contribution in [-0.2, 0) is 22.6 Å². The van der Waals surface area contributed by atoms with E-state index >= 15 is 0 Å². The fraction of sp³-hybridized carbons (Fsp3) is 0.130. The van der Waals surface area contributed by atoms with Gasteiger partial charge in [-0.1, -0.05) is 36.4 Å². The molecule has 0 atom stereocenters. The topological polar surface area (TPSA) is 95.4 Å². The number of pyridine rings is 1. The van der Waals surface area contributed by atoms with Crippen LogP contribution < -0.4 is 5.48 Å². The maximum atomic E-state index is 12.7. The van der Waals surface area contributed by atoms with Gasteiger partial charge in [0.25, 0.3) is 5.91 Å². The molecule has 1 aromatic carbocycles. The number of aromatic nitrogens is 2. The summed E-state index contributed by atoms with van der Waals surface area (Å²) in [5, 5.41) is 9.51. The normalized spacial score (nSPS) is 13.5. The van der Waals surface area contributed by atoms with Gasteiger partial charge in [0.1, 0.15) is 5.01 Å². The summed E-state index contributed by atoms with van der Waals surface area (Å²) in [6.07, 6.45) is 6.56. The maximum Gasteiger partial charge on any atom is 0.267 e. The highest BCUT2D eigenvalue weighted by Crippen LogP contribution is 2.31. The van der Waals surface area contributed by atoms with Crippen molar-refractivity contribution in [2.24, 2.45) is 0 Å². The van der Waals surface area contributed by atoms with Crippen LogP contribution in [0.3, 0.4) is 0 Å². The Hall–Kier alpha value is -3.62. The van der Waals surface area contributed by atoms with Crippen LogP contribution >= 0.6 is 11.3 Å². The van der Waals surface area contributed by atoms with Crippen molar-refractivity contribution >= 4 is 35.3 Å². The number of nitrogens with one attached hydrogen (secondary N) is 1. The standard InChI is InChI=1S/C23H20N4O3S/c28-21(26-30)11-9-17-7-4-8-18(24-17)10-12-22(29)27-14-13-19-20(15-27)31-23(25-19)16-5-2-1-3-6-16/h1-12,30H,13-15H2,(H,26,28). The van der Waals surface area contributed by atoms with E-state index in [-0.39, 0.29) is 5.91 Å². The summed E-state index contributed by atoms with van der Waals surface area (Å²) < 4.78 is 0. The largest absolute Gasteiger partial charge is 0.334 e. The average Bonchev–Trinajstić information content (AvgIpc) is 3.25. The lowest BCUT2D eigenvalue weighted by Gasteiger charge is -2.24. The zero-order valence-electron chi connectivity index (χ0n) is 16.6. The van der Waals surface area contributed by atoms with Crippen LogP contribution in [0.5, 0.6) is 0 Å². The Balaban J connectivity index is 1.42. The molecule has 4 rings (SSSR count). The molecule has 8 heteroatoms. The summed E-state index contributed by atoms with van der Waals surface area (Å²) in [5.74, 6) is -0.719. The van der Waals surface area contributed by atoms with Gasteiger partial charge in [-0.2, -0.15) is 0 Å². The molecule has 2 aromatic heterocycles. The van der Waals surface area contributed by atoms with Crippen molar-refractivity contribution in [2.75, 3.05) is 6.54 Å². The molecule has 3 aromatic rings. The van der Waals surface area contributed by atoms with Crippen molar-refractivity contribution in [3.05, 3.63) is 82.6 Å². The fourth-order valence-corrected chi connectivity index (χ4v) is 4.33. The quantitative estimate of drug-likeness (QED) is 0.366. The number of benzene rings is 1. The summed E-state index contributed by atoms with van der Waals surface area (Å²) >= 11 is 1.64. The number of hydrogen-bond donors (Lipinski definition) is 2. The zero-order chi connectivity index (χ0) is 21.6. The first-order chi connectivity index (χ1) is 15.1. The molecule has 0 saturated heterocycles. The molecule has 0 unspecified atom stereocenters. The first-order valence-corrected chi connectivity index (χ1v) is 10.5. The molecule has 1 aliphatic heterocycles. The molecule has 31 heavy (non-hydrogen) atoms. The van der Waals surface area contributed by atoms with Crippen LogP contribution in [0.1, 0.15) is 22.0 Å². The number of hydrogen-bond acceptors (Lipinski definition) is 6. The second-order valence-electron chi connectivity index (χ2n) is 6.89. The van der Waals surface area contributed by atoms with Gasteiger partial charge in [0.2, 0.25) is 5.91 Å². The third-order valence-corrected chi connectivity index (χ3v) is 5.90. The van der Waals surface area contributed by atoms with Crippen LogP contribution in [0.25, 0.3) is 22.7 Å². The molecule has 0 bridgehead atoms. The molecule has 0 spiro atoms. The maximum absolute atomic E-state index is 12.7. The van der Waals surface area contributed by atoms with Gasteiger partial charge in [-0.15, -0.1) is 11.3 Å². The summed E-state index contributed by atoms with van der Waals surface area (Å²) in [5.41, 5.74) is 4.83. The molecule has 7 nitrogen and oxygen atoms in total. The molecule has 156 valence electrons. The number of carbonyl (C=O) groups excluding carboxylic acids is 2. The number of nitrogens with zero attached hydrogens (tertiary/aromatic N) is 3. The van der Waals surface area contributed by atoms with Crippen LogP contribution in [0.2, 0.25) is 0 Å². The molecule has 0 saturated carbocycles. The first kappa shape index (κ1) is 20.6. The predicted octanol–water partition coefficient (Wildman–Crippen LogP) is 3.32. The van der Waals surface area contributed by atoms with Crippen molar-refractivity contribution in [1.29, 1.82) is 0 Å². The lowest BCUT2D eigenvalue weighted by molar-refractivity contribution is -0.126. The molecule has 2 amide bonds. The van der Waals surface area contributed by atoms with Crippen molar-refractivity contribution in [3.8, 4) is 10.6 Å². The first-order valence-electron chi connectivity index (χ1n) is 9.72. The van der Waals surface area contributed by atoms with E-state index in [1.54, 1.807) is 40.5 Å². The third-order valence-electron chi connectivity index (χ3n) is 4.77. The highest BCUT2D eigenvalue weighted by atomic mass is 32.1. The highest BCUT2D eigenvalue weighted by Gasteiger charge is 2.23. The molecular weight excluding hydrogens is 412 g/mol. The SMILES string of the molecule is O=C(C=Cc1cccc(C=CC(=O)N2CCc3nc(-c4ccccc4)sc3C2)n1)NO. The van der Waals surface area contributed by atoms with Gasteiger partial charge in [-0.05, 0) is 24.3 Å². The minimum absolute atomic E-state index is 0.0808. The third kappa shape index (κ3) is 5.11. The monoisotopic (exact) mass is 432 g/mol. The zero-order valence-corrected chi connectivity index (χ0v) is 17.4. The molecule has 0 fully saturated rings. The number of hydroxylamine groups is 1. The van der Waals surface area contributed by atoms with Gasteiger partial charge >= 0.3 is 0 Å². The van der Waals surface area contributed by atoms with E-state index in [1.807, 2.05) is 30.3 Å². The van der Waals surface area contributed by atoms with E-state index in [4.69, 9.17) is 10.2 Å². The summed E-state index contributed by atoms with van der Waals surface area (Å²) in [4.78, 5) is 35.8. The highest BCUT2D eigenvalue weighted by molar-refractivity contribution is 7.15. The lowest BCUT2D eigenvalue weighted by Crippen LogP contribution is -2.34. The Morgan fingerprint density at radius 2 is 1.74 bits per heavy atom. The molecular formula is C23H20N4O3S.